The fraction of sp³-hybridized carbons (Fsp3) is 0.417. The van der Waals surface area contributed by atoms with Crippen LogP contribution in [0.5, 0.6) is 0 Å². The zero-order chi connectivity index (χ0) is 15.6. The van der Waals surface area contributed by atoms with E-state index in [0.29, 0.717) is 12.8 Å². The van der Waals surface area contributed by atoms with Crippen molar-refractivity contribution in [3.05, 3.63) is 33.9 Å². The number of nitrogens with zero attached hydrogens (tertiary/aromatic N) is 1. The highest BCUT2D eigenvalue weighted by atomic mass is 32.2. The average molecular weight is 313 g/mol. The van der Waals surface area contributed by atoms with Gasteiger partial charge in [0.1, 0.15) is 15.5 Å². The molecule has 0 aliphatic carbocycles. The van der Waals surface area contributed by atoms with Gasteiger partial charge in [0.05, 0.1) is 16.4 Å². The van der Waals surface area contributed by atoms with Gasteiger partial charge in [-0.2, -0.15) is 0 Å². The molecule has 114 valence electrons. The number of nitrogens with one attached hydrogen (secondary N) is 1. The fourth-order valence-corrected chi connectivity index (χ4v) is 3.66. The van der Waals surface area contributed by atoms with Gasteiger partial charge < -0.3 is 11.1 Å². The van der Waals surface area contributed by atoms with Crippen LogP contribution < -0.4 is 11.1 Å². The topological polar surface area (TPSA) is 132 Å². The Kier molecular flexibility index (Phi) is 4.12. The molecular weight excluding hydrogens is 298 g/mol. The van der Waals surface area contributed by atoms with Gasteiger partial charge in [-0.15, -0.1) is 0 Å². The van der Waals surface area contributed by atoms with Crippen LogP contribution in [0.25, 0.3) is 0 Å². The molecule has 0 unspecified atom stereocenters. The molecule has 1 fully saturated rings. The molecule has 1 aliphatic rings. The molecule has 0 bridgehead atoms. The third kappa shape index (κ3) is 3.69. The lowest BCUT2D eigenvalue weighted by molar-refractivity contribution is -0.383. The van der Waals surface area contributed by atoms with Gasteiger partial charge in [-0.05, 0) is 25.0 Å². The predicted molar refractivity (Wildman–Crippen MR) is 76.7 cm³/mol. The highest BCUT2D eigenvalue weighted by Crippen LogP contribution is 2.22. The lowest BCUT2D eigenvalue weighted by Gasteiger charge is -2.23. The Bertz CT molecular complexity index is 672. The summed E-state index contributed by atoms with van der Waals surface area (Å²) in [6.45, 7) is 0. The van der Waals surface area contributed by atoms with E-state index in [4.69, 9.17) is 5.73 Å². The quantitative estimate of drug-likeness (QED) is 0.474. The molecule has 1 aliphatic heterocycles. The van der Waals surface area contributed by atoms with Crippen LogP contribution in [0.2, 0.25) is 0 Å². The monoisotopic (exact) mass is 313 g/mol. The summed E-state index contributed by atoms with van der Waals surface area (Å²) in [5, 5.41) is 13.4. The van der Waals surface area contributed by atoms with Crippen molar-refractivity contribution in [2.75, 3.05) is 17.2 Å². The van der Waals surface area contributed by atoms with E-state index in [2.05, 4.69) is 5.32 Å². The number of nitrogens with two attached hydrogens (primary N) is 1. The maximum atomic E-state index is 12.0. The zero-order valence-electron chi connectivity index (χ0n) is 11.1. The number of hydrogen-bond donors (Lipinski definition) is 2. The summed E-state index contributed by atoms with van der Waals surface area (Å²) in [6.07, 6.45) is 0.743. The van der Waals surface area contributed by atoms with Crippen molar-refractivity contribution < 1.29 is 18.1 Å². The molecule has 1 aromatic carbocycles. The van der Waals surface area contributed by atoms with E-state index >= 15 is 0 Å². The molecule has 0 atom stereocenters. The number of sulfone groups is 1. The van der Waals surface area contributed by atoms with Gasteiger partial charge in [-0.25, -0.2) is 8.42 Å². The minimum Gasteiger partial charge on any atom is -0.393 e. The van der Waals surface area contributed by atoms with Crippen LogP contribution in [0.1, 0.15) is 23.2 Å². The van der Waals surface area contributed by atoms with Crippen molar-refractivity contribution in [2.24, 2.45) is 0 Å². The second-order valence-electron chi connectivity index (χ2n) is 4.93. The van der Waals surface area contributed by atoms with Crippen molar-refractivity contribution in [3.8, 4) is 0 Å². The molecule has 0 radical (unpaired) electrons. The molecule has 2 rings (SSSR count). The van der Waals surface area contributed by atoms with Gasteiger partial charge in [0, 0.05) is 17.7 Å². The maximum absolute atomic E-state index is 12.0. The van der Waals surface area contributed by atoms with Gasteiger partial charge in [0.25, 0.3) is 11.6 Å². The minimum atomic E-state index is -2.98. The number of amides is 1. The van der Waals surface area contributed by atoms with Crippen LogP contribution in [0.4, 0.5) is 11.4 Å². The summed E-state index contributed by atoms with van der Waals surface area (Å²) in [7, 11) is -2.98. The first-order valence-corrected chi connectivity index (χ1v) is 8.16. The van der Waals surface area contributed by atoms with E-state index in [-0.39, 0.29) is 34.5 Å². The SMILES string of the molecule is Nc1cc(C(=O)NC2CCS(=O)(=O)CC2)ccc1[N+](=O)[O-]. The number of rotatable bonds is 3. The Balaban J connectivity index is 2.04. The van der Waals surface area contributed by atoms with Crippen LogP contribution in [0.15, 0.2) is 18.2 Å². The summed E-state index contributed by atoms with van der Waals surface area (Å²) in [5.74, 6) is -0.304. The number of nitro groups is 1. The summed E-state index contributed by atoms with van der Waals surface area (Å²) >= 11 is 0. The van der Waals surface area contributed by atoms with Crippen molar-refractivity contribution in [3.63, 3.8) is 0 Å². The normalized spacial score (nSPS) is 18.1. The molecule has 21 heavy (non-hydrogen) atoms. The molecule has 0 spiro atoms. The number of hydrogen-bond acceptors (Lipinski definition) is 6. The van der Waals surface area contributed by atoms with Crippen molar-refractivity contribution in [1.29, 1.82) is 0 Å². The lowest BCUT2D eigenvalue weighted by Crippen LogP contribution is -2.40. The predicted octanol–water partition coefficient (Wildman–Crippen LogP) is 0.484. The number of nitrogen functional groups attached to an aromatic ring is 1. The third-order valence-corrected chi connectivity index (χ3v) is 5.09. The summed E-state index contributed by atoms with van der Waals surface area (Å²) in [6, 6.07) is 3.53. The van der Waals surface area contributed by atoms with E-state index in [9.17, 15) is 23.3 Å². The first-order chi connectivity index (χ1) is 9.78. The Morgan fingerprint density at radius 2 is 1.95 bits per heavy atom. The number of nitro benzene ring substituents is 1. The highest BCUT2D eigenvalue weighted by Gasteiger charge is 2.25. The van der Waals surface area contributed by atoms with Gasteiger partial charge in [-0.3, -0.25) is 14.9 Å². The first kappa shape index (κ1) is 15.2. The molecule has 3 N–H and O–H groups in total. The van der Waals surface area contributed by atoms with Crippen LogP contribution in [0, 0.1) is 10.1 Å². The number of carbonyl (C=O) groups excluding carboxylic acids is 1. The van der Waals surface area contributed by atoms with Crippen LogP contribution in [-0.4, -0.2) is 36.8 Å². The molecule has 1 saturated heterocycles. The second-order valence-corrected chi connectivity index (χ2v) is 7.23. The number of carbonyl (C=O) groups is 1. The van der Waals surface area contributed by atoms with Crippen molar-refractivity contribution in [2.45, 2.75) is 18.9 Å². The van der Waals surface area contributed by atoms with Crippen LogP contribution >= 0.6 is 0 Å². The average Bonchev–Trinajstić information content (AvgIpc) is 2.40. The van der Waals surface area contributed by atoms with Crippen LogP contribution in [-0.2, 0) is 9.84 Å². The second kappa shape index (κ2) is 5.68. The zero-order valence-corrected chi connectivity index (χ0v) is 11.9. The Labute approximate surface area is 121 Å². The molecule has 1 aromatic rings. The Hall–Kier alpha value is -2.16. The standard InChI is InChI=1S/C12H15N3O5S/c13-10-7-8(1-2-11(10)15(17)18)12(16)14-9-3-5-21(19,20)6-4-9/h1-2,7,9H,3-6,13H2,(H,14,16). The van der Waals surface area contributed by atoms with E-state index in [1.165, 1.54) is 18.2 Å². The lowest BCUT2D eigenvalue weighted by atomic mass is 10.1. The first-order valence-electron chi connectivity index (χ1n) is 6.34. The van der Waals surface area contributed by atoms with E-state index in [1.54, 1.807) is 0 Å². The van der Waals surface area contributed by atoms with E-state index in [1.807, 2.05) is 0 Å². The summed E-state index contributed by atoms with van der Waals surface area (Å²) in [4.78, 5) is 22.0. The third-order valence-electron chi connectivity index (χ3n) is 3.38. The van der Waals surface area contributed by atoms with Gasteiger partial charge in [0.2, 0.25) is 0 Å². The van der Waals surface area contributed by atoms with Crippen LogP contribution in [0.3, 0.4) is 0 Å². The maximum Gasteiger partial charge on any atom is 0.292 e. The van der Waals surface area contributed by atoms with E-state index < -0.39 is 20.7 Å². The molecule has 0 aromatic heterocycles. The molecule has 9 heteroatoms. The molecule has 8 nitrogen and oxygen atoms in total. The van der Waals surface area contributed by atoms with Gasteiger partial charge >= 0.3 is 0 Å². The smallest absolute Gasteiger partial charge is 0.292 e. The largest absolute Gasteiger partial charge is 0.393 e. The highest BCUT2D eigenvalue weighted by molar-refractivity contribution is 7.91. The molecule has 1 amide bonds. The summed E-state index contributed by atoms with van der Waals surface area (Å²) in [5.41, 5.74) is 5.40. The minimum absolute atomic E-state index is 0.0559. The molecule has 1 heterocycles. The molecular formula is C12H15N3O5S. The van der Waals surface area contributed by atoms with Gasteiger partial charge in [-0.1, -0.05) is 0 Å². The molecule has 0 saturated carbocycles. The number of anilines is 1. The van der Waals surface area contributed by atoms with E-state index in [0.717, 1.165) is 0 Å². The van der Waals surface area contributed by atoms with Crippen molar-refractivity contribution >= 4 is 27.1 Å². The Morgan fingerprint density at radius 1 is 1.33 bits per heavy atom. The Morgan fingerprint density at radius 3 is 2.48 bits per heavy atom. The van der Waals surface area contributed by atoms with Crippen molar-refractivity contribution in [1.82, 2.24) is 5.32 Å². The van der Waals surface area contributed by atoms with Gasteiger partial charge in [0.15, 0.2) is 0 Å². The number of benzene rings is 1. The summed E-state index contributed by atoms with van der Waals surface area (Å²) < 4.78 is 22.6. The fourth-order valence-electron chi connectivity index (χ4n) is 2.17.